The molecule has 0 aliphatic rings. The van der Waals surface area contributed by atoms with E-state index in [-0.39, 0.29) is 34.3 Å². The molecule has 0 spiro atoms. The second kappa shape index (κ2) is 11.7. The van der Waals surface area contributed by atoms with Crippen molar-refractivity contribution in [2.45, 2.75) is 33.0 Å². The van der Waals surface area contributed by atoms with E-state index in [1.165, 1.54) is 12.4 Å². The van der Waals surface area contributed by atoms with Gasteiger partial charge in [0.1, 0.15) is 17.5 Å². The van der Waals surface area contributed by atoms with E-state index in [9.17, 15) is 18.4 Å². The van der Waals surface area contributed by atoms with Crippen molar-refractivity contribution >= 4 is 22.8 Å². The normalized spacial score (nSPS) is 12.5. The molecule has 0 fully saturated rings. The Morgan fingerprint density at radius 2 is 1.85 bits per heavy atom. The van der Waals surface area contributed by atoms with Crippen LogP contribution in [0.5, 0.6) is 0 Å². The van der Waals surface area contributed by atoms with Crippen LogP contribution in [0.15, 0.2) is 43.0 Å². The predicted octanol–water partition coefficient (Wildman–Crippen LogP) is 5.26. The fourth-order valence-corrected chi connectivity index (χ4v) is 4.20. The van der Waals surface area contributed by atoms with Crippen LogP contribution in [0.4, 0.5) is 24.9 Å². The zero-order chi connectivity index (χ0) is 28.2. The molecule has 0 saturated heterocycles. The van der Waals surface area contributed by atoms with Crippen LogP contribution in [0.25, 0.3) is 22.3 Å². The highest BCUT2D eigenvalue weighted by atomic mass is 19.4. The largest absolute Gasteiger partial charge is 0.417 e. The Bertz CT molecular complexity index is 1450. The number of aromatic amines is 1. The highest BCUT2D eigenvalue weighted by Gasteiger charge is 2.31. The SMILES string of the molecule is CCN(CC)CCN(C)c1ccc([C@@H](C)Nc2ncc(C#N)c(-c3c[nH]c4ncc(C(F)(F)F)cc34)n2)cn1. The maximum absolute atomic E-state index is 13.3. The number of alkyl halides is 3. The van der Waals surface area contributed by atoms with Gasteiger partial charge in [-0.3, -0.25) is 0 Å². The molecule has 9 nitrogen and oxygen atoms in total. The molecule has 39 heavy (non-hydrogen) atoms. The van der Waals surface area contributed by atoms with E-state index in [2.05, 4.69) is 53.9 Å². The number of nitrogens with one attached hydrogen (secondary N) is 2. The van der Waals surface area contributed by atoms with Gasteiger partial charge in [0.15, 0.2) is 0 Å². The number of nitriles is 1. The lowest BCUT2D eigenvalue weighted by atomic mass is 10.1. The monoisotopic (exact) mass is 537 g/mol. The Morgan fingerprint density at radius 1 is 1.08 bits per heavy atom. The molecule has 0 radical (unpaired) electrons. The minimum Gasteiger partial charge on any atom is -0.358 e. The first-order valence-corrected chi connectivity index (χ1v) is 12.6. The van der Waals surface area contributed by atoms with Crippen LogP contribution in [0.2, 0.25) is 0 Å². The predicted molar refractivity (Wildman–Crippen MR) is 144 cm³/mol. The van der Waals surface area contributed by atoms with Crippen molar-refractivity contribution in [1.29, 1.82) is 5.26 Å². The Labute approximate surface area is 224 Å². The van der Waals surface area contributed by atoms with E-state index in [4.69, 9.17) is 0 Å². The van der Waals surface area contributed by atoms with Crippen LogP contribution in [0, 0.1) is 11.3 Å². The summed E-state index contributed by atoms with van der Waals surface area (Å²) >= 11 is 0. The third-order valence-corrected chi connectivity index (χ3v) is 6.68. The van der Waals surface area contributed by atoms with E-state index < -0.39 is 11.7 Å². The third kappa shape index (κ3) is 6.26. The van der Waals surface area contributed by atoms with Crippen molar-refractivity contribution in [3.05, 3.63) is 59.7 Å². The molecule has 0 saturated carbocycles. The number of likely N-dealkylation sites (N-methyl/N-ethyl adjacent to an activating group) is 2. The summed E-state index contributed by atoms with van der Waals surface area (Å²) in [6.45, 7) is 10.0. The molecule has 0 amide bonds. The molecule has 4 aromatic rings. The van der Waals surface area contributed by atoms with E-state index in [0.717, 1.165) is 49.8 Å². The average molecular weight is 538 g/mol. The first-order chi connectivity index (χ1) is 18.6. The molecule has 4 aromatic heterocycles. The molecule has 12 heteroatoms. The van der Waals surface area contributed by atoms with Crippen LogP contribution in [-0.2, 0) is 6.18 Å². The number of hydrogen-bond donors (Lipinski definition) is 2. The van der Waals surface area contributed by atoms with Crippen LogP contribution in [0.3, 0.4) is 0 Å². The lowest BCUT2D eigenvalue weighted by molar-refractivity contribution is -0.137. The maximum Gasteiger partial charge on any atom is 0.417 e. The first-order valence-electron chi connectivity index (χ1n) is 12.6. The van der Waals surface area contributed by atoms with Gasteiger partial charge in [-0.2, -0.15) is 18.4 Å². The van der Waals surface area contributed by atoms with Gasteiger partial charge in [0, 0.05) is 49.7 Å². The average Bonchev–Trinajstić information content (AvgIpc) is 3.36. The number of H-pyrrole nitrogens is 1. The van der Waals surface area contributed by atoms with Gasteiger partial charge < -0.3 is 20.1 Å². The highest BCUT2D eigenvalue weighted by Crippen LogP contribution is 2.35. The van der Waals surface area contributed by atoms with Gasteiger partial charge in [-0.05, 0) is 37.7 Å². The summed E-state index contributed by atoms with van der Waals surface area (Å²) in [5.41, 5.74) is 0.943. The number of fused-ring (bicyclic) bond motifs is 1. The summed E-state index contributed by atoms with van der Waals surface area (Å²) < 4.78 is 39.9. The zero-order valence-electron chi connectivity index (χ0n) is 22.2. The van der Waals surface area contributed by atoms with Gasteiger partial charge in [-0.1, -0.05) is 19.9 Å². The summed E-state index contributed by atoms with van der Waals surface area (Å²) in [4.78, 5) is 24.5. The van der Waals surface area contributed by atoms with Crippen LogP contribution < -0.4 is 10.2 Å². The van der Waals surface area contributed by atoms with Gasteiger partial charge in [0.2, 0.25) is 5.95 Å². The minimum absolute atomic E-state index is 0.130. The molecule has 0 aromatic carbocycles. The number of hydrogen-bond acceptors (Lipinski definition) is 8. The van der Waals surface area contributed by atoms with Crippen molar-refractivity contribution in [1.82, 2.24) is 29.8 Å². The lowest BCUT2D eigenvalue weighted by Crippen LogP contribution is -2.33. The maximum atomic E-state index is 13.3. The Balaban J connectivity index is 1.54. The topological polar surface area (TPSA) is 110 Å². The van der Waals surface area contributed by atoms with Crippen LogP contribution in [0.1, 0.15) is 43.5 Å². The Kier molecular flexibility index (Phi) is 8.30. The summed E-state index contributed by atoms with van der Waals surface area (Å²) in [5, 5.41) is 13.0. The van der Waals surface area contributed by atoms with Gasteiger partial charge >= 0.3 is 6.18 Å². The minimum atomic E-state index is -4.55. The zero-order valence-corrected chi connectivity index (χ0v) is 22.2. The van der Waals surface area contributed by atoms with Crippen molar-refractivity contribution in [3.63, 3.8) is 0 Å². The Hall–Kier alpha value is -4.24. The molecule has 4 heterocycles. The molecule has 0 unspecified atom stereocenters. The van der Waals surface area contributed by atoms with E-state index in [1.54, 1.807) is 6.20 Å². The van der Waals surface area contributed by atoms with Crippen molar-refractivity contribution in [2.24, 2.45) is 0 Å². The summed E-state index contributed by atoms with van der Waals surface area (Å²) in [5.74, 6) is 1.09. The van der Waals surface area contributed by atoms with Gasteiger partial charge in [0.05, 0.1) is 29.1 Å². The number of nitrogens with zero attached hydrogens (tertiary/aromatic N) is 7. The summed E-state index contributed by atoms with van der Waals surface area (Å²) in [7, 11) is 2.01. The molecule has 2 N–H and O–H groups in total. The smallest absolute Gasteiger partial charge is 0.358 e. The second-order valence-electron chi connectivity index (χ2n) is 9.15. The van der Waals surface area contributed by atoms with E-state index >= 15 is 0 Å². The molecule has 0 aliphatic heterocycles. The van der Waals surface area contributed by atoms with Gasteiger partial charge in [0.25, 0.3) is 0 Å². The molecule has 4 rings (SSSR count). The van der Waals surface area contributed by atoms with Gasteiger partial charge in [-0.15, -0.1) is 0 Å². The number of rotatable bonds is 10. The van der Waals surface area contributed by atoms with E-state index in [1.807, 2.05) is 32.2 Å². The number of aromatic nitrogens is 5. The fraction of sp³-hybridized carbons (Fsp3) is 0.370. The van der Waals surface area contributed by atoms with Crippen LogP contribution >= 0.6 is 0 Å². The number of halogens is 3. The first kappa shape index (κ1) is 27.8. The van der Waals surface area contributed by atoms with Crippen molar-refractivity contribution in [3.8, 4) is 17.3 Å². The third-order valence-electron chi connectivity index (χ3n) is 6.68. The number of anilines is 2. The molecular formula is C27H30F3N9. The Morgan fingerprint density at radius 3 is 2.49 bits per heavy atom. The molecule has 0 bridgehead atoms. The standard InChI is InChI=1S/C27H30F3N9/c1-5-39(6-2)10-9-38(4)23-8-7-18(13-32-23)17(3)36-26-35-14-19(12-31)24(37-26)22-16-34-25-21(22)11-20(15-33-25)27(28,29)30/h7-8,11,13-17H,5-6,9-10H2,1-4H3,(H,33,34)(H,35,36,37)/t17-/m1/s1. The summed E-state index contributed by atoms with van der Waals surface area (Å²) in [6.07, 6.45) is 0.850. The summed E-state index contributed by atoms with van der Waals surface area (Å²) in [6, 6.07) is 6.72. The van der Waals surface area contributed by atoms with Gasteiger partial charge in [-0.25, -0.2) is 19.9 Å². The van der Waals surface area contributed by atoms with Crippen LogP contribution in [-0.4, -0.2) is 63.0 Å². The number of pyridine rings is 2. The highest BCUT2D eigenvalue weighted by molar-refractivity contribution is 5.94. The fourth-order valence-electron chi connectivity index (χ4n) is 4.20. The molecular weight excluding hydrogens is 507 g/mol. The lowest BCUT2D eigenvalue weighted by Gasteiger charge is -2.24. The van der Waals surface area contributed by atoms with Crippen molar-refractivity contribution < 1.29 is 13.2 Å². The molecule has 0 aliphatic carbocycles. The molecule has 1 atom stereocenters. The quantitative estimate of drug-likeness (QED) is 0.282. The van der Waals surface area contributed by atoms with Crippen molar-refractivity contribution in [2.75, 3.05) is 43.4 Å². The second-order valence-corrected chi connectivity index (χ2v) is 9.15. The molecule has 204 valence electrons. The van der Waals surface area contributed by atoms with E-state index in [0.29, 0.717) is 5.56 Å².